The number of hydrogen-bond donors (Lipinski definition) is 1. The number of methoxy groups -OCH3 is 1. The Morgan fingerprint density at radius 3 is 2.43 bits per heavy atom. The quantitative estimate of drug-likeness (QED) is 0.802. The first-order valence-electron chi connectivity index (χ1n) is 7.45. The molecular formula is C15H28N2O4. The van der Waals surface area contributed by atoms with Gasteiger partial charge in [0.25, 0.3) is 0 Å². The summed E-state index contributed by atoms with van der Waals surface area (Å²) in [5.41, 5.74) is -0.582. The molecule has 1 fully saturated rings. The number of likely N-dealkylation sites (tertiary alicyclic amines) is 1. The van der Waals surface area contributed by atoms with E-state index in [-0.39, 0.29) is 6.04 Å². The number of esters is 1. The minimum absolute atomic E-state index is 0.0871. The summed E-state index contributed by atoms with van der Waals surface area (Å²) < 4.78 is 10.2. The van der Waals surface area contributed by atoms with Crippen LogP contribution >= 0.6 is 0 Å². The highest BCUT2D eigenvalue weighted by Gasteiger charge is 2.41. The van der Waals surface area contributed by atoms with Crippen molar-refractivity contribution in [3.8, 4) is 0 Å². The van der Waals surface area contributed by atoms with Crippen LogP contribution in [0.15, 0.2) is 0 Å². The van der Waals surface area contributed by atoms with Gasteiger partial charge >= 0.3 is 12.1 Å². The summed E-state index contributed by atoms with van der Waals surface area (Å²) in [5.74, 6) is 0.117. The smallest absolute Gasteiger partial charge is 0.411 e. The lowest BCUT2D eigenvalue weighted by atomic mass is 10.1. The normalized spacial score (nSPS) is 22.5. The summed E-state index contributed by atoms with van der Waals surface area (Å²) in [6, 6.07) is -0.487. The van der Waals surface area contributed by atoms with Crippen LogP contribution in [0.1, 0.15) is 41.0 Å². The van der Waals surface area contributed by atoms with Crippen molar-refractivity contribution in [2.45, 2.75) is 58.7 Å². The van der Waals surface area contributed by atoms with Gasteiger partial charge in [0.2, 0.25) is 0 Å². The maximum absolute atomic E-state index is 12.2. The average Bonchev–Trinajstić information content (AvgIpc) is 2.77. The second-order valence-electron chi connectivity index (χ2n) is 6.91. The third-order valence-electron chi connectivity index (χ3n) is 3.22. The Balaban J connectivity index is 2.73. The zero-order chi connectivity index (χ0) is 16.2. The first kappa shape index (κ1) is 17.8. The highest BCUT2D eigenvalue weighted by Crippen LogP contribution is 2.22. The summed E-state index contributed by atoms with van der Waals surface area (Å²) in [5, 5.41) is 3.38. The molecule has 1 rings (SSSR count). The number of carbonyl (C=O) groups excluding carboxylic acids is 2. The van der Waals surface area contributed by atoms with Crippen LogP contribution in [0.4, 0.5) is 4.79 Å². The molecule has 6 heteroatoms. The number of rotatable bonds is 4. The summed E-state index contributed by atoms with van der Waals surface area (Å²) >= 11 is 0. The fourth-order valence-corrected chi connectivity index (χ4v) is 2.27. The van der Waals surface area contributed by atoms with Gasteiger partial charge in [0.1, 0.15) is 11.6 Å². The van der Waals surface area contributed by atoms with Crippen molar-refractivity contribution in [3.05, 3.63) is 0 Å². The van der Waals surface area contributed by atoms with Crippen LogP contribution in [-0.4, -0.2) is 54.8 Å². The lowest BCUT2D eigenvalue weighted by Crippen LogP contribution is -2.44. The van der Waals surface area contributed by atoms with E-state index in [1.54, 1.807) is 0 Å². The second-order valence-corrected chi connectivity index (χ2v) is 6.91. The van der Waals surface area contributed by atoms with Crippen molar-refractivity contribution in [1.29, 1.82) is 0 Å². The molecule has 1 aliphatic rings. The number of ether oxygens (including phenoxy) is 2. The molecule has 1 saturated heterocycles. The van der Waals surface area contributed by atoms with Crippen LogP contribution in [0.2, 0.25) is 0 Å². The van der Waals surface area contributed by atoms with E-state index in [2.05, 4.69) is 19.2 Å². The van der Waals surface area contributed by atoms with Gasteiger partial charge in [-0.05, 0) is 39.7 Å². The van der Waals surface area contributed by atoms with Gasteiger partial charge in [-0.3, -0.25) is 4.90 Å². The number of carbonyl (C=O) groups is 2. The molecule has 1 amide bonds. The standard InChI is InChI=1S/C15H28N2O4/c1-10(2)8-16-11-7-12(13(18)20-6)17(9-11)14(19)21-15(3,4)5/h10-12,16H,7-9H2,1-6H3. The molecule has 1 heterocycles. The Bertz CT molecular complexity index is 376. The summed E-state index contributed by atoms with van der Waals surface area (Å²) in [6.07, 6.45) is 0.0882. The van der Waals surface area contributed by atoms with Crippen molar-refractivity contribution < 1.29 is 19.1 Å². The minimum Gasteiger partial charge on any atom is -0.467 e. The predicted octanol–water partition coefficient (Wildman–Crippen LogP) is 1.78. The summed E-state index contributed by atoms with van der Waals surface area (Å²) in [4.78, 5) is 25.6. The molecule has 1 aliphatic heterocycles. The van der Waals surface area contributed by atoms with Gasteiger partial charge in [-0.2, -0.15) is 0 Å². The predicted molar refractivity (Wildman–Crippen MR) is 80.0 cm³/mol. The number of amides is 1. The Hall–Kier alpha value is -1.30. The van der Waals surface area contributed by atoms with Crippen LogP contribution in [-0.2, 0) is 14.3 Å². The molecule has 21 heavy (non-hydrogen) atoms. The summed E-state index contributed by atoms with van der Waals surface area (Å²) in [7, 11) is 1.34. The molecule has 0 spiro atoms. The van der Waals surface area contributed by atoms with E-state index in [0.717, 1.165) is 6.54 Å². The maximum atomic E-state index is 12.2. The van der Waals surface area contributed by atoms with Gasteiger partial charge in [0.15, 0.2) is 0 Å². The third-order valence-corrected chi connectivity index (χ3v) is 3.22. The Morgan fingerprint density at radius 2 is 1.95 bits per heavy atom. The van der Waals surface area contributed by atoms with Gasteiger partial charge < -0.3 is 14.8 Å². The van der Waals surface area contributed by atoms with E-state index in [4.69, 9.17) is 9.47 Å². The largest absolute Gasteiger partial charge is 0.467 e. The molecule has 0 aliphatic carbocycles. The molecule has 6 nitrogen and oxygen atoms in total. The SMILES string of the molecule is COC(=O)C1CC(NCC(C)C)CN1C(=O)OC(C)(C)C. The van der Waals surface area contributed by atoms with Gasteiger partial charge in [-0.15, -0.1) is 0 Å². The molecular weight excluding hydrogens is 272 g/mol. The number of nitrogens with one attached hydrogen (secondary N) is 1. The number of nitrogens with zero attached hydrogens (tertiary/aromatic N) is 1. The summed E-state index contributed by atoms with van der Waals surface area (Å²) in [6.45, 7) is 11.0. The fraction of sp³-hybridized carbons (Fsp3) is 0.867. The van der Waals surface area contributed by atoms with Gasteiger partial charge in [0.05, 0.1) is 7.11 Å². The van der Waals surface area contributed by atoms with Gasteiger partial charge in [-0.25, -0.2) is 9.59 Å². The average molecular weight is 300 g/mol. The zero-order valence-corrected chi connectivity index (χ0v) is 13.9. The molecule has 0 aromatic heterocycles. The minimum atomic E-state index is -0.582. The lowest BCUT2D eigenvalue weighted by Gasteiger charge is -2.27. The molecule has 2 atom stereocenters. The first-order chi connectivity index (χ1) is 9.64. The molecule has 0 aromatic rings. The van der Waals surface area contributed by atoms with Crippen molar-refractivity contribution in [1.82, 2.24) is 10.2 Å². The molecule has 122 valence electrons. The fourth-order valence-electron chi connectivity index (χ4n) is 2.27. The number of hydrogen-bond acceptors (Lipinski definition) is 5. The molecule has 1 N–H and O–H groups in total. The Morgan fingerprint density at radius 1 is 1.33 bits per heavy atom. The van der Waals surface area contributed by atoms with Crippen molar-refractivity contribution >= 4 is 12.1 Å². The van der Waals surface area contributed by atoms with Crippen molar-refractivity contribution in [2.24, 2.45) is 5.92 Å². The molecule has 0 radical (unpaired) electrons. The van der Waals surface area contributed by atoms with Crippen LogP contribution in [0, 0.1) is 5.92 Å². The molecule has 0 bridgehead atoms. The van der Waals surface area contributed by atoms with E-state index in [9.17, 15) is 9.59 Å². The van der Waals surface area contributed by atoms with Gasteiger partial charge in [-0.1, -0.05) is 13.8 Å². The lowest BCUT2D eigenvalue weighted by molar-refractivity contribution is -0.145. The highest BCUT2D eigenvalue weighted by atomic mass is 16.6. The third kappa shape index (κ3) is 5.53. The van der Waals surface area contributed by atoms with Crippen LogP contribution in [0.5, 0.6) is 0 Å². The van der Waals surface area contributed by atoms with Crippen LogP contribution in [0.3, 0.4) is 0 Å². The molecule has 0 saturated carbocycles. The van der Waals surface area contributed by atoms with E-state index < -0.39 is 23.7 Å². The van der Waals surface area contributed by atoms with E-state index in [0.29, 0.717) is 18.9 Å². The topological polar surface area (TPSA) is 67.9 Å². The van der Waals surface area contributed by atoms with Crippen molar-refractivity contribution in [2.75, 3.05) is 20.2 Å². The maximum Gasteiger partial charge on any atom is 0.411 e. The monoisotopic (exact) mass is 300 g/mol. The van der Waals surface area contributed by atoms with E-state index in [1.165, 1.54) is 12.0 Å². The molecule has 0 aromatic carbocycles. The van der Waals surface area contributed by atoms with Crippen molar-refractivity contribution in [3.63, 3.8) is 0 Å². The first-order valence-corrected chi connectivity index (χ1v) is 7.45. The van der Waals surface area contributed by atoms with Gasteiger partial charge in [0, 0.05) is 12.6 Å². The Kier molecular flexibility index (Phi) is 6.01. The second kappa shape index (κ2) is 7.11. The van der Waals surface area contributed by atoms with Crippen LogP contribution < -0.4 is 5.32 Å². The van der Waals surface area contributed by atoms with Crippen LogP contribution in [0.25, 0.3) is 0 Å². The Labute approximate surface area is 127 Å². The molecule has 2 unspecified atom stereocenters. The highest BCUT2D eigenvalue weighted by molar-refractivity contribution is 5.82. The van der Waals surface area contributed by atoms with E-state index in [1.807, 2.05) is 20.8 Å². The zero-order valence-electron chi connectivity index (χ0n) is 13.9. The van der Waals surface area contributed by atoms with E-state index >= 15 is 0 Å².